The highest BCUT2D eigenvalue weighted by Crippen LogP contribution is 2.14. The van der Waals surface area contributed by atoms with Crippen LogP contribution in [0.1, 0.15) is 28.5 Å². The van der Waals surface area contributed by atoms with Crippen LogP contribution in [0, 0.1) is 0 Å². The number of nitrogens with two attached hydrogens (primary N) is 1. The lowest BCUT2D eigenvalue weighted by molar-refractivity contribution is 0.0944. The number of hydrogen-bond acceptors (Lipinski definition) is 4. The number of nitrogens with zero attached hydrogens (tertiary/aromatic N) is 1. The normalized spacial score (nSPS) is 11.8. The summed E-state index contributed by atoms with van der Waals surface area (Å²) in [4.78, 5) is 15.6. The van der Waals surface area contributed by atoms with Crippen LogP contribution in [0.25, 0.3) is 0 Å². The molecule has 1 aromatic carbocycles. The maximum Gasteiger partial charge on any atom is 0.273 e. The molecular formula is C15H17N3O2. The first-order chi connectivity index (χ1) is 9.68. The molecule has 2 rings (SSSR count). The molecule has 20 heavy (non-hydrogen) atoms. The molecule has 0 radical (unpaired) electrons. The van der Waals surface area contributed by atoms with E-state index in [1.54, 1.807) is 6.07 Å². The molecule has 0 saturated heterocycles. The number of hydrogen-bond donors (Lipinski definition) is 3. The summed E-state index contributed by atoms with van der Waals surface area (Å²) >= 11 is 0. The van der Waals surface area contributed by atoms with E-state index < -0.39 is 5.91 Å². The summed E-state index contributed by atoms with van der Waals surface area (Å²) < 4.78 is 0. The maximum absolute atomic E-state index is 11.8. The number of nitrogens with one attached hydrogen (secondary N) is 1. The minimum atomic E-state index is -0.400. The average molecular weight is 271 g/mol. The third-order valence-electron chi connectivity index (χ3n) is 2.97. The van der Waals surface area contributed by atoms with Crippen molar-refractivity contribution in [2.24, 2.45) is 5.73 Å². The third kappa shape index (κ3) is 3.55. The van der Waals surface area contributed by atoms with E-state index in [0.29, 0.717) is 13.0 Å². The smallest absolute Gasteiger partial charge is 0.273 e. The molecule has 0 saturated carbocycles. The minimum Gasteiger partial charge on any atom is -0.505 e. The molecule has 0 spiro atoms. The maximum atomic E-state index is 11.8. The van der Waals surface area contributed by atoms with Crippen LogP contribution in [0.3, 0.4) is 0 Å². The van der Waals surface area contributed by atoms with Crippen molar-refractivity contribution in [1.29, 1.82) is 0 Å². The lowest BCUT2D eigenvalue weighted by atomic mass is 10.1. The van der Waals surface area contributed by atoms with Crippen molar-refractivity contribution in [3.8, 4) is 5.75 Å². The summed E-state index contributed by atoms with van der Waals surface area (Å²) in [5.41, 5.74) is 7.09. The van der Waals surface area contributed by atoms with Gasteiger partial charge in [-0.3, -0.25) is 4.79 Å². The fraction of sp³-hybridized carbons (Fsp3) is 0.200. The largest absolute Gasteiger partial charge is 0.505 e. The van der Waals surface area contributed by atoms with Crippen molar-refractivity contribution >= 4 is 5.91 Å². The van der Waals surface area contributed by atoms with Crippen molar-refractivity contribution in [2.45, 2.75) is 12.5 Å². The van der Waals surface area contributed by atoms with Gasteiger partial charge in [0.25, 0.3) is 5.91 Å². The first kappa shape index (κ1) is 14.0. The van der Waals surface area contributed by atoms with E-state index >= 15 is 0 Å². The van der Waals surface area contributed by atoms with Gasteiger partial charge in [0, 0.05) is 18.8 Å². The van der Waals surface area contributed by atoms with Crippen LogP contribution in [-0.4, -0.2) is 22.5 Å². The Bertz CT molecular complexity index is 572. The molecule has 5 heteroatoms. The first-order valence-electron chi connectivity index (χ1n) is 6.41. The lowest BCUT2D eigenvalue weighted by Gasteiger charge is -2.12. The van der Waals surface area contributed by atoms with Crippen molar-refractivity contribution < 1.29 is 9.90 Å². The van der Waals surface area contributed by atoms with Gasteiger partial charge in [0.1, 0.15) is 5.75 Å². The summed E-state index contributed by atoms with van der Waals surface area (Å²) in [5.74, 6) is -0.527. The second-order valence-electron chi connectivity index (χ2n) is 4.43. The van der Waals surface area contributed by atoms with Crippen LogP contribution in [0.2, 0.25) is 0 Å². The first-order valence-corrected chi connectivity index (χ1v) is 6.41. The van der Waals surface area contributed by atoms with E-state index in [-0.39, 0.29) is 17.5 Å². The topological polar surface area (TPSA) is 88.2 Å². The van der Waals surface area contributed by atoms with Gasteiger partial charge in [0.05, 0.1) is 0 Å². The lowest BCUT2D eigenvalue weighted by Crippen LogP contribution is -2.27. The number of aromatic nitrogens is 1. The number of carbonyl (C=O) groups is 1. The number of carbonyl (C=O) groups excluding carboxylic acids is 1. The summed E-state index contributed by atoms with van der Waals surface area (Å²) in [6.45, 7) is 0.422. The fourth-order valence-electron chi connectivity index (χ4n) is 1.86. The SMILES string of the molecule is NC(CCNC(=O)c1ncccc1O)c1ccccc1. The Kier molecular flexibility index (Phi) is 4.68. The number of rotatable bonds is 5. The van der Waals surface area contributed by atoms with Crippen LogP contribution < -0.4 is 11.1 Å². The second-order valence-corrected chi connectivity index (χ2v) is 4.43. The Morgan fingerprint density at radius 1 is 1.25 bits per heavy atom. The Morgan fingerprint density at radius 3 is 2.70 bits per heavy atom. The average Bonchev–Trinajstić information content (AvgIpc) is 2.48. The predicted octanol–water partition coefficient (Wildman–Crippen LogP) is 1.61. The molecule has 0 aliphatic rings. The van der Waals surface area contributed by atoms with Crippen LogP contribution in [-0.2, 0) is 0 Å². The van der Waals surface area contributed by atoms with Crippen LogP contribution in [0.4, 0.5) is 0 Å². The molecule has 1 heterocycles. The standard InChI is InChI=1S/C15H17N3O2/c16-12(11-5-2-1-3-6-11)8-10-18-15(20)14-13(19)7-4-9-17-14/h1-7,9,12,19H,8,10,16H2,(H,18,20). The van der Waals surface area contributed by atoms with Gasteiger partial charge in [-0.2, -0.15) is 0 Å². The molecule has 0 fully saturated rings. The molecule has 5 nitrogen and oxygen atoms in total. The zero-order chi connectivity index (χ0) is 14.4. The van der Waals surface area contributed by atoms with Gasteiger partial charge >= 0.3 is 0 Å². The second kappa shape index (κ2) is 6.68. The Balaban J connectivity index is 1.84. The number of aromatic hydroxyl groups is 1. The Hall–Kier alpha value is -2.40. The van der Waals surface area contributed by atoms with Gasteiger partial charge in [-0.25, -0.2) is 4.98 Å². The molecule has 104 valence electrons. The van der Waals surface area contributed by atoms with E-state index in [4.69, 9.17) is 5.73 Å². The van der Waals surface area contributed by atoms with E-state index in [2.05, 4.69) is 10.3 Å². The van der Waals surface area contributed by atoms with Gasteiger partial charge < -0.3 is 16.2 Å². The highest BCUT2D eigenvalue weighted by Gasteiger charge is 2.12. The van der Waals surface area contributed by atoms with Crippen molar-refractivity contribution in [3.05, 3.63) is 59.9 Å². The molecule has 0 aliphatic heterocycles. The van der Waals surface area contributed by atoms with Crippen molar-refractivity contribution in [2.75, 3.05) is 6.54 Å². The molecule has 0 aliphatic carbocycles. The zero-order valence-electron chi connectivity index (χ0n) is 11.0. The molecular weight excluding hydrogens is 254 g/mol. The van der Waals surface area contributed by atoms with Gasteiger partial charge in [0.15, 0.2) is 5.69 Å². The van der Waals surface area contributed by atoms with Crippen molar-refractivity contribution in [3.63, 3.8) is 0 Å². The number of pyridine rings is 1. The minimum absolute atomic E-state index is 0.0285. The fourth-order valence-corrected chi connectivity index (χ4v) is 1.86. The summed E-state index contributed by atoms with van der Waals surface area (Å²) in [5, 5.41) is 12.2. The van der Waals surface area contributed by atoms with E-state index in [0.717, 1.165) is 5.56 Å². The van der Waals surface area contributed by atoms with Gasteiger partial charge in [-0.05, 0) is 24.1 Å². The monoisotopic (exact) mass is 271 g/mol. The quantitative estimate of drug-likeness (QED) is 0.770. The third-order valence-corrected chi connectivity index (χ3v) is 2.97. The summed E-state index contributed by atoms with van der Waals surface area (Å²) in [7, 11) is 0. The molecule has 2 aromatic rings. The van der Waals surface area contributed by atoms with Crippen molar-refractivity contribution in [1.82, 2.24) is 10.3 Å². The van der Waals surface area contributed by atoms with Crippen LogP contribution >= 0.6 is 0 Å². The van der Waals surface area contributed by atoms with Crippen LogP contribution in [0.15, 0.2) is 48.7 Å². The molecule has 4 N–H and O–H groups in total. The Morgan fingerprint density at radius 2 is 2.00 bits per heavy atom. The molecule has 1 amide bonds. The summed E-state index contributed by atoms with van der Waals surface area (Å²) in [6, 6.07) is 12.6. The van der Waals surface area contributed by atoms with E-state index in [9.17, 15) is 9.90 Å². The number of benzene rings is 1. The van der Waals surface area contributed by atoms with Gasteiger partial charge in [-0.15, -0.1) is 0 Å². The molecule has 1 unspecified atom stereocenters. The zero-order valence-corrected chi connectivity index (χ0v) is 11.0. The van der Waals surface area contributed by atoms with E-state index in [1.807, 2.05) is 30.3 Å². The molecule has 1 aromatic heterocycles. The Labute approximate surface area is 117 Å². The summed E-state index contributed by atoms with van der Waals surface area (Å²) in [6.07, 6.45) is 2.08. The molecule has 1 atom stereocenters. The highest BCUT2D eigenvalue weighted by molar-refractivity contribution is 5.94. The van der Waals surface area contributed by atoms with Gasteiger partial charge in [0.2, 0.25) is 0 Å². The predicted molar refractivity (Wildman–Crippen MR) is 76.2 cm³/mol. The highest BCUT2D eigenvalue weighted by atomic mass is 16.3. The van der Waals surface area contributed by atoms with E-state index in [1.165, 1.54) is 12.3 Å². The number of amides is 1. The van der Waals surface area contributed by atoms with Gasteiger partial charge in [-0.1, -0.05) is 30.3 Å². The van der Waals surface area contributed by atoms with Crippen LogP contribution in [0.5, 0.6) is 5.75 Å². The molecule has 0 bridgehead atoms.